The van der Waals surface area contributed by atoms with Gasteiger partial charge < -0.3 is 13.6 Å². The Morgan fingerprint density at radius 3 is 2.00 bits per heavy atom. The van der Waals surface area contributed by atoms with E-state index in [0.717, 1.165) is 6.42 Å². The van der Waals surface area contributed by atoms with E-state index in [-0.39, 0.29) is 32.9 Å². The average Bonchev–Trinajstić information content (AvgIpc) is 2.75. The molecular formula is C33H60O3Si2. The Morgan fingerprint density at radius 2 is 1.47 bits per heavy atom. The molecule has 0 spiro atoms. The normalized spacial score (nSPS) is 38.4. The molecule has 0 saturated heterocycles. The van der Waals surface area contributed by atoms with Gasteiger partial charge in [0.2, 0.25) is 0 Å². The lowest BCUT2D eigenvalue weighted by Gasteiger charge is -2.63. The Hall–Kier alpha value is -0.416. The van der Waals surface area contributed by atoms with Crippen molar-refractivity contribution in [3.63, 3.8) is 0 Å². The van der Waals surface area contributed by atoms with Crippen molar-refractivity contribution in [2.75, 3.05) is 0 Å². The van der Waals surface area contributed by atoms with Crippen molar-refractivity contribution in [1.29, 1.82) is 0 Å². The third-order valence-electron chi connectivity index (χ3n) is 12.4. The summed E-state index contributed by atoms with van der Waals surface area (Å²) in [6.45, 7) is 30.5. The van der Waals surface area contributed by atoms with Crippen LogP contribution in [-0.2, 0) is 13.6 Å². The number of carbonyl (C=O) groups excluding carboxylic acids is 1. The molecule has 0 radical (unpaired) electrons. The van der Waals surface area contributed by atoms with Crippen molar-refractivity contribution in [1.82, 2.24) is 0 Å². The Balaban J connectivity index is 1.95. The van der Waals surface area contributed by atoms with Crippen LogP contribution in [0, 0.1) is 46.3 Å². The summed E-state index contributed by atoms with van der Waals surface area (Å²) in [7, 11) is -3.80. The molecule has 3 fully saturated rings. The summed E-state index contributed by atoms with van der Waals surface area (Å²) in [6, 6.07) is 0. The van der Waals surface area contributed by atoms with E-state index in [4.69, 9.17) is 8.85 Å². The van der Waals surface area contributed by atoms with Crippen LogP contribution in [-0.4, -0.2) is 35.1 Å². The van der Waals surface area contributed by atoms with Crippen molar-refractivity contribution >= 4 is 22.9 Å². The Kier molecular flexibility index (Phi) is 9.10. The topological polar surface area (TPSA) is 35.5 Å². The van der Waals surface area contributed by atoms with Gasteiger partial charge in [-0.05, 0) is 118 Å². The standard InChI is InChI=1S/C33H60O3Si2/c1-14-19-33(9)27(18-21-34)26-16-15-24-22-25(35-37(10,11)30(2,3)4)17-20-32(24,8)28(26)23-29(33)36-38(12,13)31(5,6)7/h21,24-29H,15-18,20,22-23H2,1-13H3/t24-,25-,26-,27-,28-,29+,32-,33+/m0/s1. The van der Waals surface area contributed by atoms with Crippen molar-refractivity contribution in [3.05, 3.63) is 0 Å². The highest BCUT2D eigenvalue weighted by atomic mass is 28.4. The molecule has 0 aromatic heterocycles. The van der Waals surface area contributed by atoms with Crippen LogP contribution in [0.25, 0.3) is 0 Å². The highest BCUT2D eigenvalue weighted by Crippen LogP contribution is 2.64. The molecule has 0 aliphatic heterocycles. The molecule has 0 aromatic carbocycles. The van der Waals surface area contributed by atoms with Crippen molar-refractivity contribution in [2.45, 2.75) is 156 Å². The predicted molar refractivity (Wildman–Crippen MR) is 166 cm³/mol. The number of carbonyl (C=O) groups is 1. The molecule has 0 heterocycles. The summed E-state index contributed by atoms with van der Waals surface area (Å²) in [5.41, 5.74) is 0.00550. The van der Waals surface area contributed by atoms with E-state index in [1.165, 1.54) is 38.4 Å². The lowest BCUT2D eigenvalue weighted by atomic mass is 9.44. The van der Waals surface area contributed by atoms with Gasteiger partial charge in [0.15, 0.2) is 16.6 Å². The van der Waals surface area contributed by atoms with E-state index < -0.39 is 16.6 Å². The van der Waals surface area contributed by atoms with Crippen molar-refractivity contribution < 1.29 is 13.6 Å². The molecule has 0 bridgehead atoms. The molecule has 3 saturated carbocycles. The molecule has 3 aliphatic rings. The van der Waals surface area contributed by atoms with Gasteiger partial charge in [0.1, 0.15) is 6.29 Å². The van der Waals surface area contributed by atoms with E-state index >= 15 is 0 Å². The summed E-state index contributed by atoms with van der Waals surface area (Å²) in [5, 5.41) is 0.388. The van der Waals surface area contributed by atoms with Gasteiger partial charge in [0, 0.05) is 12.5 Å². The number of hydrogen-bond acceptors (Lipinski definition) is 3. The second-order valence-electron chi connectivity index (χ2n) is 16.6. The summed E-state index contributed by atoms with van der Waals surface area (Å²) < 4.78 is 14.3. The number of aldehydes is 1. The minimum absolute atomic E-state index is 0.0822. The van der Waals surface area contributed by atoms with E-state index in [1.54, 1.807) is 0 Å². The van der Waals surface area contributed by atoms with Crippen LogP contribution >= 0.6 is 0 Å². The minimum Gasteiger partial charge on any atom is -0.414 e. The smallest absolute Gasteiger partial charge is 0.192 e. The number of rotatable bonds is 6. The van der Waals surface area contributed by atoms with Gasteiger partial charge in [-0.3, -0.25) is 0 Å². The summed E-state index contributed by atoms with van der Waals surface area (Å²) in [5.74, 6) is 9.02. The van der Waals surface area contributed by atoms with Crippen LogP contribution in [0.4, 0.5) is 0 Å². The van der Waals surface area contributed by atoms with Crippen molar-refractivity contribution in [2.24, 2.45) is 34.5 Å². The van der Waals surface area contributed by atoms with Crippen molar-refractivity contribution in [3.8, 4) is 11.8 Å². The number of hydrogen-bond donors (Lipinski definition) is 0. The summed E-state index contributed by atoms with van der Waals surface area (Å²) >= 11 is 0. The van der Waals surface area contributed by atoms with Gasteiger partial charge in [-0.1, -0.05) is 54.4 Å². The van der Waals surface area contributed by atoms with Gasteiger partial charge in [0.25, 0.3) is 0 Å². The maximum absolute atomic E-state index is 12.1. The maximum atomic E-state index is 12.1. The second kappa shape index (κ2) is 10.8. The van der Waals surface area contributed by atoms with Gasteiger partial charge in [-0.2, -0.15) is 0 Å². The first-order chi connectivity index (χ1) is 17.2. The predicted octanol–water partition coefficient (Wildman–Crippen LogP) is 9.24. The molecule has 3 aliphatic carbocycles. The number of fused-ring (bicyclic) bond motifs is 3. The maximum Gasteiger partial charge on any atom is 0.192 e. The van der Waals surface area contributed by atoms with Crippen LogP contribution in [0.15, 0.2) is 0 Å². The van der Waals surface area contributed by atoms with E-state index in [0.29, 0.717) is 30.3 Å². The molecule has 3 nitrogen and oxygen atoms in total. The zero-order chi connectivity index (χ0) is 28.9. The third-order valence-corrected chi connectivity index (χ3v) is 21.4. The van der Waals surface area contributed by atoms with Gasteiger partial charge >= 0.3 is 0 Å². The fraction of sp³-hybridized carbons (Fsp3) is 0.909. The SMILES string of the molecule is CC#C[C@@]1(C)[C@H](O[Si](C)(C)C(C)(C)C)C[C@H]2[C@@H](CC[C@H]3C[C@@H](O[Si](C)(C)C(C)(C)C)CC[C@@]32C)[C@@H]1CC=O. The summed E-state index contributed by atoms with van der Waals surface area (Å²) in [4.78, 5) is 12.1. The van der Waals surface area contributed by atoms with Gasteiger partial charge in [0.05, 0.1) is 11.5 Å². The first-order valence-electron chi connectivity index (χ1n) is 15.5. The lowest BCUT2D eigenvalue weighted by molar-refractivity contribution is -0.153. The molecule has 8 atom stereocenters. The lowest BCUT2D eigenvalue weighted by Crippen LogP contribution is -2.61. The second-order valence-corrected chi connectivity index (χ2v) is 26.1. The summed E-state index contributed by atoms with van der Waals surface area (Å²) in [6.07, 6.45) is 9.40. The highest BCUT2D eigenvalue weighted by molar-refractivity contribution is 6.74. The molecule has 5 heteroatoms. The molecule has 0 N–H and O–H groups in total. The molecule has 218 valence electrons. The van der Waals surface area contributed by atoms with E-state index in [2.05, 4.69) is 93.4 Å². The van der Waals surface area contributed by atoms with E-state index in [1.807, 2.05) is 6.92 Å². The fourth-order valence-corrected chi connectivity index (χ4v) is 10.7. The van der Waals surface area contributed by atoms with Crippen LogP contribution < -0.4 is 0 Å². The van der Waals surface area contributed by atoms with Gasteiger partial charge in [-0.25, -0.2) is 0 Å². The van der Waals surface area contributed by atoms with Crippen LogP contribution in [0.5, 0.6) is 0 Å². The molecular weight excluding hydrogens is 501 g/mol. The Bertz CT molecular complexity index is 917. The molecule has 0 amide bonds. The zero-order valence-electron chi connectivity index (χ0n) is 27.2. The molecule has 38 heavy (non-hydrogen) atoms. The molecule has 0 aromatic rings. The average molecular weight is 561 g/mol. The largest absolute Gasteiger partial charge is 0.414 e. The Labute approximate surface area is 238 Å². The van der Waals surface area contributed by atoms with Crippen LogP contribution in [0.1, 0.15) is 107 Å². The molecule has 0 unspecified atom stereocenters. The first-order valence-corrected chi connectivity index (χ1v) is 21.3. The van der Waals surface area contributed by atoms with Gasteiger partial charge in [-0.15, -0.1) is 5.92 Å². The first kappa shape index (κ1) is 32.1. The third kappa shape index (κ3) is 5.81. The Morgan fingerprint density at radius 1 is 0.895 bits per heavy atom. The monoisotopic (exact) mass is 560 g/mol. The van der Waals surface area contributed by atoms with Crippen LogP contribution in [0.3, 0.4) is 0 Å². The zero-order valence-corrected chi connectivity index (χ0v) is 29.2. The highest BCUT2D eigenvalue weighted by Gasteiger charge is 2.61. The quantitative estimate of drug-likeness (QED) is 0.184. The minimum atomic E-state index is -2.01. The fourth-order valence-electron chi connectivity index (χ4n) is 7.85. The molecule has 3 rings (SSSR count). The van der Waals surface area contributed by atoms with E-state index in [9.17, 15) is 4.79 Å². The van der Waals surface area contributed by atoms with Crippen LogP contribution in [0.2, 0.25) is 36.3 Å².